The second-order valence-corrected chi connectivity index (χ2v) is 4.56. The van der Waals surface area contributed by atoms with Crippen LogP contribution in [-0.4, -0.2) is 4.98 Å². The van der Waals surface area contributed by atoms with Crippen LogP contribution in [0.15, 0.2) is 30.5 Å². The van der Waals surface area contributed by atoms with Crippen molar-refractivity contribution < 1.29 is 4.74 Å². The standard InChI is InChI=1S/C15H18N2O/c1-10-7-12(3)15(13(16)8-10)18-9-14-11(2)5-4-6-17-14/h4-8H,9,16H2,1-3H3. The van der Waals surface area contributed by atoms with Gasteiger partial charge in [0.2, 0.25) is 0 Å². The fourth-order valence-electron chi connectivity index (χ4n) is 1.99. The minimum atomic E-state index is 0.445. The van der Waals surface area contributed by atoms with Crippen molar-refractivity contribution in [2.24, 2.45) is 0 Å². The van der Waals surface area contributed by atoms with E-state index in [0.717, 1.165) is 28.1 Å². The van der Waals surface area contributed by atoms with Gasteiger partial charge in [-0.15, -0.1) is 0 Å². The van der Waals surface area contributed by atoms with E-state index in [4.69, 9.17) is 10.5 Å². The van der Waals surface area contributed by atoms with Gasteiger partial charge in [-0.25, -0.2) is 0 Å². The predicted molar refractivity (Wildman–Crippen MR) is 73.6 cm³/mol. The Kier molecular flexibility index (Phi) is 3.51. The van der Waals surface area contributed by atoms with Crippen LogP contribution in [0.5, 0.6) is 5.75 Å². The lowest BCUT2D eigenvalue weighted by molar-refractivity contribution is 0.300. The van der Waals surface area contributed by atoms with Crippen LogP contribution in [0.3, 0.4) is 0 Å². The molecule has 0 aliphatic heterocycles. The maximum Gasteiger partial charge on any atom is 0.145 e. The number of rotatable bonds is 3. The largest absolute Gasteiger partial charge is 0.485 e. The highest BCUT2D eigenvalue weighted by Crippen LogP contribution is 2.28. The van der Waals surface area contributed by atoms with Crippen LogP contribution in [-0.2, 0) is 6.61 Å². The van der Waals surface area contributed by atoms with Gasteiger partial charge in [0.1, 0.15) is 12.4 Å². The van der Waals surface area contributed by atoms with Gasteiger partial charge in [0.25, 0.3) is 0 Å². The monoisotopic (exact) mass is 242 g/mol. The molecule has 0 spiro atoms. The quantitative estimate of drug-likeness (QED) is 0.841. The first-order valence-electron chi connectivity index (χ1n) is 5.98. The molecular weight excluding hydrogens is 224 g/mol. The Labute approximate surface area is 108 Å². The summed E-state index contributed by atoms with van der Waals surface area (Å²) in [6, 6.07) is 7.94. The smallest absolute Gasteiger partial charge is 0.145 e. The molecule has 2 aromatic rings. The number of aryl methyl sites for hydroxylation is 3. The molecule has 1 aromatic heterocycles. The highest BCUT2D eigenvalue weighted by atomic mass is 16.5. The van der Waals surface area contributed by atoms with Crippen LogP contribution in [0.4, 0.5) is 5.69 Å². The van der Waals surface area contributed by atoms with Crippen LogP contribution < -0.4 is 10.5 Å². The number of nitrogens with zero attached hydrogens (tertiary/aromatic N) is 1. The van der Waals surface area contributed by atoms with E-state index in [2.05, 4.69) is 11.1 Å². The molecule has 1 aromatic carbocycles. The molecule has 0 fully saturated rings. The van der Waals surface area contributed by atoms with Crippen molar-refractivity contribution in [1.29, 1.82) is 0 Å². The highest BCUT2D eigenvalue weighted by Gasteiger charge is 2.07. The molecule has 0 saturated carbocycles. The van der Waals surface area contributed by atoms with E-state index < -0.39 is 0 Å². The van der Waals surface area contributed by atoms with Gasteiger partial charge in [-0.1, -0.05) is 12.1 Å². The Morgan fingerprint density at radius 1 is 1.17 bits per heavy atom. The van der Waals surface area contributed by atoms with Crippen molar-refractivity contribution in [3.8, 4) is 5.75 Å². The summed E-state index contributed by atoms with van der Waals surface area (Å²) in [5.74, 6) is 0.755. The molecule has 0 aliphatic carbocycles. The Balaban J connectivity index is 2.19. The number of anilines is 1. The second kappa shape index (κ2) is 5.08. The van der Waals surface area contributed by atoms with Gasteiger partial charge >= 0.3 is 0 Å². The molecule has 0 atom stereocenters. The Morgan fingerprint density at radius 2 is 1.94 bits per heavy atom. The van der Waals surface area contributed by atoms with Crippen molar-refractivity contribution in [2.75, 3.05) is 5.73 Å². The van der Waals surface area contributed by atoms with E-state index in [1.165, 1.54) is 0 Å². The van der Waals surface area contributed by atoms with E-state index in [1.807, 2.05) is 39.0 Å². The van der Waals surface area contributed by atoms with Crippen molar-refractivity contribution in [3.05, 3.63) is 52.8 Å². The van der Waals surface area contributed by atoms with Gasteiger partial charge in [0.05, 0.1) is 11.4 Å². The Morgan fingerprint density at radius 3 is 2.61 bits per heavy atom. The van der Waals surface area contributed by atoms with Gasteiger partial charge < -0.3 is 10.5 Å². The number of nitrogens with two attached hydrogens (primary N) is 1. The molecule has 3 heteroatoms. The zero-order valence-corrected chi connectivity index (χ0v) is 11.0. The summed E-state index contributed by atoms with van der Waals surface area (Å²) >= 11 is 0. The minimum absolute atomic E-state index is 0.445. The van der Waals surface area contributed by atoms with E-state index in [0.29, 0.717) is 12.3 Å². The predicted octanol–water partition coefficient (Wildman–Crippen LogP) is 3.17. The van der Waals surface area contributed by atoms with Crippen LogP contribution in [0.1, 0.15) is 22.4 Å². The Bertz CT molecular complexity index is 541. The summed E-state index contributed by atoms with van der Waals surface area (Å²) in [6.45, 7) is 6.50. The van der Waals surface area contributed by atoms with E-state index >= 15 is 0 Å². The molecule has 0 aliphatic rings. The zero-order valence-electron chi connectivity index (χ0n) is 11.0. The first-order chi connectivity index (χ1) is 8.58. The number of pyridine rings is 1. The first kappa shape index (κ1) is 12.4. The fraction of sp³-hybridized carbons (Fsp3) is 0.267. The molecule has 0 saturated heterocycles. The van der Waals surface area contributed by atoms with Gasteiger partial charge in [-0.3, -0.25) is 4.98 Å². The lowest BCUT2D eigenvalue weighted by atomic mass is 10.1. The van der Waals surface area contributed by atoms with Crippen LogP contribution >= 0.6 is 0 Å². The number of benzene rings is 1. The van der Waals surface area contributed by atoms with Gasteiger partial charge in [-0.2, -0.15) is 0 Å². The highest BCUT2D eigenvalue weighted by molar-refractivity contribution is 5.58. The number of ether oxygens (including phenoxy) is 1. The number of nitrogen functional groups attached to an aromatic ring is 1. The third kappa shape index (κ3) is 2.62. The van der Waals surface area contributed by atoms with Crippen molar-refractivity contribution in [2.45, 2.75) is 27.4 Å². The van der Waals surface area contributed by atoms with Crippen molar-refractivity contribution >= 4 is 5.69 Å². The molecular formula is C15H18N2O. The number of aromatic nitrogens is 1. The molecule has 2 rings (SSSR count). The van der Waals surface area contributed by atoms with Gasteiger partial charge in [0.15, 0.2) is 0 Å². The SMILES string of the molecule is Cc1cc(C)c(OCc2ncccc2C)c(N)c1. The summed E-state index contributed by atoms with van der Waals surface area (Å²) < 4.78 is 5.80. The van der Waals surface area contributed by atoms with Crippen LogP contribution in [0.2, 0.25) is 0 Å². The van der Waals surface area contributed by atoms with Gasteiger partial charge in [0, 0.05) is 6.20 Å². The minimum Gasteiger partial charge on any atom is -0.485 e. The molecule has 3 nitrogen and oxygen atoms in total. The Hall–Kier alpha value is -2.03. The van der Waals surface area contributed by atoms with Crippen molar-refractivity contribution in [3.63, 3.8) is 0 Å². The lowest BCUT2D eigenvalue weighted by Crippen LogP contribution is -2.04. The average Bonchev–Trinajstić information content (AvgIpc) is 2.30. The van der Waals surface area contributed by atoms with E-state index in [-0.39, 0.29) is 0 Å². The molecule has 0 amide bonds. The summed E-state index contributed by atoms with van der Waals surface area (Å²) in [7, 11) is 0. The van der Waals surface area contributed by atoms with E-state index in [9.17, 15) is 0 Å². The molecule has 0 bridgehead atoms. The second-order valence-electron chi connectivity index (χ2n) is 4.56. The van der Waals surface area contributed by atoms with Gasteiger partial charge in [-0.05, 0) is 49.6 Å². The van der Waals surface area contributed by atoms with E-state index in [1.54, 1.807) is 6.20 Å². The summed E-state index contributed by atoms with van der Waals surface area (Å²) in [4.78, 5) is 4.30. The summed E-state index contributed by atoms with van der Waals surface area (Å²) in [6.07, 6.45) is 1.77. The number of hydrogen-bond acceptors (Lipinski definition) is 3. The zero-order chi connectivity index (χ0) is 13.1. The molecule has 0 unspecified atom stereocenters. The lowest BCUT2D eigenvalue weighted by Gasteiger charge is -2.13. The summed E-state index contributed by atoms with van der Waals surface area (Å²) in [5, 5.41) is 0. The third-order valence-corrected chi connectivity index (χ3v) is 2.92. The molecule has 94 valence electrons. The fourth-order valence-corrected chi connectivity index (χ4v) is 1.99. The summed E-state index contributed by atoms with van der Waals surface area (Å²) in [5.41, 5.74) is 10.9. The average molecular weight is 242 g/mol. The topological polar surface area (TPSA) is 48.1 Å². The number of hydrogen-bond donors (Lipinski definition) is 1. The third-order valence-electron chi connectivity index (χ3n) is 2.92. The molecule has 1 heterocycles. The molecule has 0 radical (unpaired) electrons. The maximum atomic E-state index is 5.98. The van der Waals surface area contributed by atoms with Crippen LogP contribution in [0, 0.1) is 20.8 Å². The maximum absolute atomic E-state index is 5.98. The van der Waals surface area contributed by atoms with Crippen LogP contribution in [0.25, 0.3) is 0 Å². The normalized spacial score (nSPS) is 10.4. The first-order valence-corrected chi connectivity index (χ1v) is 5.98. The van der Waals surface area contributed by atoms with Crippen molar-refractivity contribution in [1.82, 2.24) is 4.98 Å². The molecule has 2 N–H and O–H groups in total. The molecule has 18 heavy (non-hydrogen) atoms.